The van der Waals surface area contributed by atoms with Crippen molar-refractivity contribution in [3.8, 4) is 17.6 Å². The highest BCUT2D eigenvalue weighted by Gasteiger charge is 2.25. The number of ether oxygens (including phenoxy) is 2. The molecule has 4 rings (SSSR count). The third-order valence-corrected chi connectivity index (χ3v) is 5.41. The molecule has 1 aromatic carbocycles. The molecule has 0 saturated carbocycles. The maximum absolute atomic E-state index is 13.1. The van der Waals surface area contributed by atoms with Crippen molar-refractivity contribution in [1.29, 1.82) is 5.26 Å². The van der Waals surface area contributed by atoms with Gasteiger partial charge in [0.15, 0.2) is 11.5 Å². The zero-order valence-corrected chi connectivity index (χ0v) is 18.5. The van der Waals surface area contributed by atoms with Crippen LogP contribution in [-0.2, 0) is 6.61 Å². The first-order chi connectivity index (χ1) is 16.2. The van der Waals surface area contributed by atoms with Gasteiger partial charge in [-0.1, -0.05) is 0 Å². The zero-order chi connectivity index (χ0) is 23.0. The summed E-state index contributed by atoms with van der Waals surface area (Å²) >= 11 is 0. The van der Waals surface area contributed by atoms with Gasteiger partial charge in [0.05, 0.1) is 12.2 Å². The molecule has 0 N–H and O–H groups in total. The van der Waals surface area contributed by atoms with E-state index in [1.54, 1.807) is 48.9 Å². The van der Waals surface area contributed by atoms with Crippen LogP contribution in [0.25, 0.3) is 0 Å². The van der Waals surface area contributed by atoms with E-state index >= 15 is 0 Å². The lowest BCUT2D eigenvalue weighted by molar-refractivity contribution is 0.0746. The lowest BCUT2D eigenvalue weighted by atomic mass is 10.1. The standard InChI is InChI=1S/C25H25N5O3/c1-2-32-23-16-20(5-6-22(23)33-18-19-7-10-27-11-8-19)25(31)30-14-12-29(13-15-30)24-21(17-26)4-3-9-28-24/h3-11,16H,2,12-15,18H2,1H3. The molecule has 1 aliphatic rings. The quantitative estimate of drug-likeness (QED) is 0.553. The zero-order valence-electron chi connectivity index (χ0n) is 18.5. The van der Waals surface area contributed by atoms with Gasteiger partial charge in [0.25, 0.3) is 5.91 Å². The third kappa shape index (κ3) is 5.21. The molecule has 2 aromatic heterocycles. The number of rotatable bonds is 7. The molecule has 1 amide bonds. The molecule has 33 heavy (non-hydrogen) atoms. The number of nitriles is 1. The number of carbonyl (C=O) groups is 1. The molecule has 0 bridgehead atoms. The van der Waals surface area contributed by atoms with Crippen LogP contribution in [0.3, 0.4) is 0 Å². The van der Waals surface area contributed by atoms with Crippen molar-refractivity contribution >= 4 is 11.7 Å². The van der Waals surface area contributed by atoms with Crippen LogP contribution in [0, 0.1) is 11.3 Å². The number of hydrogen-bond acceptors (Lipinski definition) is 7. The lowest BCUT2D eigenvalue weighted by Gasteiger charge is -2.35. The minimum atomic E-state index is -0.0576. The number of hydrogen-bond donors (Lipinski definition) is 0. The maximum atomic E-state index is 13.1. The number of carbonyl (C=O) groups excluding carboxylic acids is 1. The Morgan fingerprint density at radius 1 is 1.03 bits per heavy atom. The summed E-state index contributed by atoms with van der Waals surface area (Å²) in [6, 6.07) is 14.8. The number of pyridine rings is 2. The fourth-order valence-electron chi connectivity index (χ4n) is 3.71. The Bertz CT molecular complexity index is 1140. The first-order valence-corrected chi connectivity index (χ1v) is 10.9. The van der Waals surface area contributed by atoms with Gasteiger partial charge in [-0.25, -0.2) is 4.98 Å². The van der Waals surface area contributed by atoms with Crippen LogP contribution in [0.2, 0.25) is 0 Å². The Kier molecular flexibility index (Phi) is 7.00. The van der Waals surface area contributed by atoms with Crippen molar-refractivity contribution in [3.05, 3.63) is 77.7 Å². The molecule has 8 nitrogen and oxygen atoms in total. The predicted molar refractivity (Wildman–Crippen MR) is 123 cm³/mol. The summed E-state index contributed by atoms with van der Waals surface area (Å²) in [6.07, 6.45) is 5.12. The first kappa shape index (κ1) is 22.1. The van der Waals surface area contributed by atoms with E-state index in [1.165, 1.54) is 0 Å². The van der Waals surface area contributed by atoms with Crippen molar-refractivity contribution in [3.63, 3.8) is 0 Å². The van der Waals surface area contributed by atoms with Crippen molar-refractivity contribution in [2.24, 2.45) is 0 Å². The summed E-state index contributed by atoms with van der Waals surface area (Å²) in [4.78, 5) is 25.4. The average Bonchev–Trinajstić information content (AvgIpc) is 2.88. The Labute approximate surface area is 193 Å². The fraction of sp³-hybridized carbons (Fsp3) is 0.280. The second-order valence-electron chi connectivity index (χ2n) is 7.50. The van der Waals surface area contributed by atoms with E-state index < -0.39 is 0 Å². The molecule has 168 valence electrons. The normalized spacial score (nSPS) is 13.3. The molecule has 1 saturated heterocycles. The number of aromatic nitrogens is 2. The number of benzene rings is 1. The minimum Gasteiger partial charge on any atom is -0.490 e. The van der Waals surface area contributed by atoms with Gasteiger partial charge in [0.2, 0.25) is 0 Å². The third-order valence-electron chi connectivity index (χ3n) is 5.41. The van der Waals surface area contributed by atoms with E-state index in [2.05, 4.69) is 16.0 Å². The fourth-order valence-corrected chi connectivity index (χ4v) is 3.71. The Hall–Kier alpha value is -4.12. The molecule has 3 aromatic rings. The molecule has 0 spiro atoms. The van der Waals surface area contributed by atoms with E-state index in [0.717, 1.165) is 5.56 Å². The van der Waals surface area contributed by atoms with E-state index in [1.807, 2.05) is 28.9 Å². The second kappa shape index (κ2) is 10.5. The van der Waals surface area contributed by atoms with E-state index in [9.17, 15) is 10.1 Å². The van der Waals surface area contributed by atoms with Crippen LogP contribution >= 0.6 is 0 Å². The average molecular weight is 444 g/mol. The van der Waals surface area contributed by atoms with Gasteiger partial charge in [-0.3, -0.25) is 9.78 Å². The topological polar surface area (TPSA) is 91.6 Å². The van der Waals surface area contributed by atoms with Crippen molar-refractivity contribution in [2.45, 2.75) is 13.5 Å². The number of anilines is 1. The Balaban J connectivity index is 1.42. The minimum absolute atomic E-state index is 0.0576. The van der Waals surface area contributed by atoms with E-state index in [4.69, 9.17) is 9.47 Å². The molecule has 1 aliphatic heterocycles. The molecule has 1 fully saturated rings. The number of amides is 1. The molecular formula is C25H25N5O3. The number of piperazine rings is 1. The lowest BCUT2D eigenvalue weighted by Crippen LogP contribution is -2.49. The first-order valence-electron chi connectivity index (χ1n) is 10.9. The molecule has 0 atom stereocenters. The summed E-state index contributed by atoms with van der Waals surface area (Å²) in [5.74, 6) is 1.75. The molecule has 8 heteroatoms. The van der Waals surface area contributed by atoms with E-state index in [-0.39, 0.29) is 5.91 Å². The van der Waals surface area contributed by atoms with Crippen LogP contribution in [0.15, 0.2) is 61.1 Å². The Morgan fingerprint density at radius 3 is 2.55 bits per heavy atom. The van der Waals surface area contributed by atoms with Gasteiger partial charge in [-0.05, 0) is 55.0 Å². The highest BCUT2D eigenvalue weighted by atomic mass is 16.5. The molecular weight excluding hydrogens is 418 g/mol. The van der Waals surface area contributed by atoms with Crippen molar-refractivity contribution in [1.82, 2.24) is 14.9 Å². The summed E-state index contributed by atoms with van der Waals surface area (Å²) in [6.45, 7) is 5.07. The summed E-state index contributed by atoms with van der Waals surface area (Å²) in [7, 11) is 0. The van der Waals surface area contributed by atoms with Gasteiger partial charge < -0.3 is 19.3 Å². The van der Waals surface area contributed by atoms with Crippen LogP contribution in [0.1, 0.15) is 28.4 Å². The van der Waals surface area contributed by atoms with Gasteiger partial charge in [0, 0.05) is 50.3 Å². The van der Waals surface area contributed by atoms with Crippen LogP contribution in [0.4, 0.5) is 5.82 Å². The van der Waals surface area contributed by atoms with Gasteiger partial charge >= 0.3 is 0 Å². The smallest absolute Gasteiger partial charge is 0.254 e. The SMILES string of the molecule is CCOc1cc(C(=O)N2CCN(c3ncccc3C#N)CC2)ccc1OCc1ccncc1. The van der Waals surface area contributed by atoms with E-state index in [0.29, 0.717) is 67.8 Å². The molecule has 0 unspecified atom stereocenters. The summed E-state index contributed by atoms with van der Waals surface area (Å²) in [5.41, 5.74) is 2.10. The van der Waals surface area contributed by atoms with Gasteiger partial charge in [0.1, 0.15) is 18.5 Å². The number of nitrogens with zero attached hydrogens (tertiary/aromatic N) is 5. The summed E-state index contributed by atoms with van der Waals surface area (Å²) < 4.78 is 11.7. The van der Waals surface area contributed by atoms with Crippen LogP contribution in [-0.4, -0.2) is 53.6 Å². The van der Waals surface area contributed by atoms with Crippen LogP contribution in [0.5, 0.6) is 11.5 Å². The Morgan fingerprint density at radius 2 is 1.82 bits per heavy atom. The highest BCUT2D eigenvalue weighted by molar-refractivity contribution is 5.95. The largest absolute Gasteiger partial charge is 0.490 e. The molecule has 3 heterocycles. The summed E-state index contributed by atoms with van der Waals surface area (Å²) in [5, 5.41) is 9.33. The van der Waals surface area contributed by atoms with Crippen molar-refractivity contribution in [2.75, 3.05) is 37.7 Å². The van der Waals surface area contributed by atoms with Gasteiger partial charge in [-0.2, -0.15) is 5.26 Å². The van der Waals surface area contributed by atoms with Gasteiger partial charge in [-0.15, -0.1) is 0 Å². The van der Waals surface area contributed by atoms with Crippen molar-refractivity contribution < 1.29 is 14.3 Å². The second-order valence-corrected chi connectivity index (χ2v) is 7.50. The van der Waals surface area contributed by atoms with Crippen LogP contribution < -0.4 is 14.4 Å². The maximum Gasteiger partial charge on any atom is 0.254 e. The molecule has 0 aliphatic carbocycles. The molecule has 0 radical (unpaired) electrons. The predicted octanol–water partition coefficient (Wildman–Crippen LogP) is 3.29. The highest BCUT2D eigenvalue weighted by Crippen LogP contribution is 2.30. The monoisotopic (exact) mass is 443 g/mol.